The van der Waals surface area contributed by atoms with Crippen molar-refractivity contribution in [2.24, 2.45) is 4.99 Å². The number of esters is 1. The van der Waals surface area contributed by atoms with Gasteiger partial charge in [0, 0.05) is 11.0 Å². The summed E-state index contributed by atoms with van der Waals surface area (Å²) in [4.78, 5) is 15.6. The zero-order valence-corrected chi connectivity index (χ0v) is 9.74. The zero-order valence-electron chi connectivity index (χ0n) is 8.92. The fourth-order valence-corrected chi connectivity index (χ4v) is 1.75. The van der Waals surface area contributed by atoms with E-state index in [1.54, 1.807) is 5.41 Å². The lowest BCUT2D eigenvalue weighted by atomic mass is 10.2. The van der Waals surface area contributed by atoms with Crippen LogP contribution >= 0.6 is 11.8 Å². The molecule has 1 heterocycles. The van der Waals surface area contributed by atoms with E-state index < -0.39 is 5.97 Å². The van der Waals surface area contributed by atoms with Crippen molar-refractivity contribution in [3.8, 4) is 12.3 Å². The van der Waals surface area contributed by atoms with Gasteiger partial charge in [-0.25, -0.2) is 9.79 Å². The summed E-state index contributed by atoms with van der Waals surface area (Å²) >= 11 is 1.35. The molecule has 0 radical (unpaired) electrons. The molecule has 3 nitrogen and oxygen atoms in total. The van der Waals surface area contributed by atoms with Gasteiger partial charge < -0.3 is 4.74 Å². The Morgan fingerprint density at radius 2 is 2.18 bits per heavy atom. The van der Waals surface area contributed by atoms with Gasteiger partial charge in [-0.15, -0.1) is 18.2 Å². The zero-order chi connectivity index (χ0) is 12.1. The molecule has 0 amide bonds. The predicted molar refractivity (Wildman–Crippen MR) is 68.4 cm³/mol. The summed E-state index contributed by atoms with van der Waals surface area (Å²) in [6.45, 7) is 0. The third-order valence-electron chi connectivity index (χ3n) is 2.00. The van der Waals surface area contributed by atoms with Crippen molar-refractivity contribution < 1.29 is 9.53 Å². The average Bonchev–Trinajstić information content (AvgIpc) is 2.73. The molecule has 0 aliphatic carbocycles. The number of cyclic esters (lactones) is 1. The molecule has 0 N–H and O–H groups in total. The molecule has 0 aromatic heterocycles. The number of hydrogen-bond donors (Lipinski definition) is 0. The van der Waals surface area contributed by atoms with Crippen LogP contribution in [0, 0.1) is 12.3 Å². The molecular weight excluding hydrogens is 234 g/mol. The minimum atomic E-state index is -0.437. The number of carbonyl (C=O) groups excluding carboxylic acids is 1. The Balaban J connectivity index is 2.18. The highest BCUT2D eigenvalue weighted by atomic mass is 32.2. The Morgan fingerprint density at radius 1 is 1.41 bits per heavy atom. The van der Waals surface area contributed by atoms with Crippen molar-refractivity contribution >= 4 is 23.6 Å². The molecule has 1 aliphatic heterocycles. The molecule has 0 saturated heterocycles. The van der Waals surface area contributed by atoms with Gasteiger partial charge in [0.05, 0.1) is 5.75 Å². The molecule has 2 rings (SSSR count). The van der Waals surface area contributed by atoms with Gasteiger partial charge >= 0.3 is 5.97 Å². The summed E-state index contributed by atoms with van der Waals surface area (Å²) in [5, 5.41) is 1.62. The topological polar surface area (TPSA) is 38.7 Å². The molecule has 1 aliphatic rings. The SMILES string of the molecule is C#CCS/C=C1\N=C(c2ccccc2)OC1=O. The first-order chi connectivity index (χ1) is 8.31. The smallest absolute Gasteiger partial charge is 0.364 e. The van der Waals surface area contributed by atoms with Crippen LogP contribution in [0.4, 0.5) is 0 Å². The maximum absolute atomic E-state index is 11.5. The third-order valence-corrected chi connectivity index (χ3v) is 2.73. The summed E-state index contributed by atoms with van der Waals surface area (Å²) in [5.41, 5.74) is 1.08. The quantitative estimate of drug-likeness (QED) is 0.353. The second kappa shape index (κ2) is 5.37. The van der Waals surface area contributed by atoms with Gasteiger partial charge in [-0.05, 0) is 12.1 Å². The van der Waals surface area contributed by atoms with Crippen LogP contribution in [0.5, 0.6) is 0 Å². The van der Waals surface area contributed by atoms with Crippen LogP contribution in [0.2, 0.25) is 0 Å². The van der Waals surface area contributed by atoms with Crippen LogP contribution in [0.1, 0.15) is 5.56 Å². The molecule has 0 saturated carbocycles. The van der Waals surface area contributed by atoms with E-state index in [0.29, 0.717) is 17.3 Å². The van der Waals surface area contributed by atoms with E-state index in [4.69, 9.17) is 11.2 Å². The molecule has 4 heteroatoms. The summed E-state index contributed by atoms with van der Waals surface area (Å²) < 4.78 is 5.07. The van der Waals surface area contributed by atoms with Crippen LogP contribution in [0.15, 0.2) is 46.4 Å². The predicted octanol–water partition coefficient (Wildman–Crippen LogP) is 2.20. The molecule has 0 bridgehead atoms. The fraction of sp³-hybridized carbons (Fsp3) is 0.0769. The normalized spacial score (nSPS) is 16.5. The van der Waals surface area contributed by atoms with Crippen molar-refractivity contribution in [2.75, 3.05) is 5.75 Å². The maximum atomic E-state index is 11.5. The van der Waals surface area contributed by atoms with Gasteiger partial charge in [0.15, 0.2) is 5.70 Å². The second-order valence-electron chi connectivity index (χ2n) is 3.19. The van der Waals surface area contributed by atoms with Crippen LogP contribution in [-0.4, -0.2) is 17.6 Å². The van der Waals surface area contributed by atoms with Crippen molar-refractivity contribution in [3.05, 3.63) is 47.0 Å². The van der Waals surface area contributed by atoms with Crippen LogP contribution in [0.3, 0.4) is 0 Å². The first kappa shape index (κ1) is 11.5. The van der Waals surface area contributed by atoms with Gasteiger partial charge in [0.25, 0.3) is 0 Å². The number of hydrogen-bond acceptors (Lipinski definition) is 4. The van der Waals surface area contributed by atoms with Crippen molar-refractivity contribution in [1.82, 2.24) is 0 Å². The van der Waals surface area contributed by atoms with Gasteiger partial charge in [0.2, 0.25) is 5.90 Å². The highest BCUT2D eigenvalue weighted by Gasteiger charge is 2.23. The lowest BCUT2D eigenvalue weighted by Gasteiger charge is -1.97. The summed E-state index contributed by atoms with van der Waals surface area (Å²) in [6.07, 6.45) is 5.11. The Morgan fingerprint density at radius 3 is 2.88 bits per heavy atom. The number of ether oxygens (including phenoxy) is 1. The molecule has 0 spiro atoms. The minimum Gasteiger partial charge on any atom is -0.402 e. The number of benzene rings is 1. The Hall–Kier alpha value is -1.99. The second-order valence-corrected chi connectivity index (χ2v) is 4.05. The van der Waals surface area contributed by atoms with Crippen molar-refractivity contribution in [1.29, 1.82) is 0 Å². The third kappa shape index (κ3) is 2.77. The largest absolute Gasteiger partial charge is 0.402 e. The van der Waals surface area contributed by atoms with E-state index in [0.717, 1.165) is 5.56 Å². The molecule has 0 unspecified atom stereocenters. The molecule has 0 atom stereocenters. The van der Waals surface area contributed by atoms with E-state index in [9.17, 15) is 4.79 Å². The fourth-order valence-electron chi connectivity index (χ4n) is 1.27. The Kier molecular flexibility index (Phi) is 3.63. The average molecular weight is 243 g/mol. The molecule has 1 aromatic rings. The van der Waals surface area contributed by atoms with Crippen molar-refractivity contribution in [3.63, 3.8) is 0 Å². The minimum absolute atomic E-state index is 0.295. The first-order valence-corrected chi connectivity index (χ1v) is 5.97. The van der Waals surface area contributed by atoms with E-state index in [1.807, 2.05) is 30.3 Å². The van der Waals surface area contributed by atoms with Crippen LogP contribution in [0.25, 0.3) is 0 Å². The van der Waals surface area contributed by atoms with Crippen molar-refractivity contribution in [2.45, 2.75) is 0 Å². The lowest BCUT2D eigenvalue weighted by molar-refractivity contribution is -0.130. The summed E-state index contributed by atoms with van der Waals surface area (Å²) in [6, 6.07) is 9.29. The number of nitrogens with zero attached hydrogens (tertiary/aromatic N) is 1. The first-order valence-electron chi connectivity index (χ1n) is 4.93. The van der Waals surface area contributed by atoms with Gasteiger partial charge in [-0.2, -0.15) is 0 Å². The number of carbonyl (C=O) groups is 1. The molecule has 0 fully saturated rings. The van der Waals surface area contributed by atoms with E-state index in [2.05, 4.69) is 10.9 Å². The summed E-state index contributed by atoms with van der Waals surface area (Å²) in [7, 11) is 0. The van der Waals surface area contributed by atoms with Gasteiger partial charge in [-0.3, -0.25) is 0 Å². The molecular formula is C13H9NO2S. The molecule has 1 aromatic carbocycles. The molecule has 17 heavy (non-hydrogen) atoms. The van der Waals surface area contributed by atoms with E-state index >= 15 is 0 Å². The van der Waals surface area contributed by atoms with Crippen LogP contribution < -0.4 is 0 Å². The van der Waals surface area contributed by atoms with E-state index in [-0.39, 0.29) is 0 Å². The van der Waals surface area contributed by atoms with Gasteiger partial charge in [0.1, 0.15) is 0 Å². The maximum Gasteiger partial charge on any atom is 0.364 e. The Bertz CT molecular complexity index is 526. The number of thioether (sulfide) groups is 1. The molecule has 84 valence electrons. The number of aliphatic imine (C=N–C) groups is 1. The number of rotatable bonds is 3. The lowest BCUT2D eigenvalue weighted by Crippen LogP contribution is -2.04. The highest BCUT2D eigenvalue weighted by molar-refractivity contribution is 8.02. The monoisotopic (exact) mass is 243 g/mol. The van der Waals surface area contributed by atoms with Crippen LogP contribution in [-0.2, 0) is 9.53 Å². The Labute approximate surface area is 104 Å². The van der Waals surface area contributed by atoms with Gasteiger partial charge in [-0.1, -0.05) is 24.1 Å². The van der Waals surface area contributed by atoms with E-state index in [1.165, 1.54) is 11.8 Å². The number of terminal acetylenes is 1. The standard InChI is InChI=1S/C13H9NO2S/c1-2-8-17-9-11-13(15)16-12(14-11)10-6-4-3-5-7-10/h1,3-7,9H,8H2/b11-9-. The highest BCUT2D eigenvalue weighted by Crippen LogP contribution is 2.18. The summed E-state index contributed by atoms with van der Waals surface area (Å²) in [5.74, 6) is 2.87.